The van der Waals surface area contributed by atoms with Crippen LogP contribution in [0.15, 0.2) is 48.5 Å². The molecule has 2 rings (SSSR count). The van der Waals surface area contributed by atoms with E-state index < -0.39 is 12.1 Å². The molecule has 0 radical (unpaired) electrons. The van der Waals surface area contributed by atoms with E-state index in [4.69, 9.17) is 4.74 Å². The first-order chi connectivity index (χ1) is 12.8. The molecule has 0 aliphatic rings. The number of anilines is 1. The van der Waals surface area contributed by atoms with Crippen LogP contribution in [0, 0.1) is 6.92 Å². The van der Waals surface area contributed by atoms with Crippen molar-refractivity contribution in [3.05, 3.63) is 65.2 Å². The van der Waals surface area contributed by atoms with Crippen LogP contribution in [0.25, 0.3) is 0 Å². The quantitative estimate of drug-likeness (QED) is 0.736. The van der Waals surface area contributed by atoms with E-state index in [1.54, 1.807) is 31.2 Å². The van der Waals surface area contributed by atoms with E-state index in [1.807, 2.05) is 31.2 Å². The van der Waals surface area contributed by atoms with Crippen LogP contribution in [0.2, 0.25) is 0 Å². The highest BCUT2D eigenvalue weighted by atomic mass is 16.5. The van der Waals surface area contributed by atoms with Gasteiger partial charge >= 0.3 is 5.97 Å². The Hall–Kier alpha value is -3.15. The summed E-state index contributed by atoms with van der Waals surface area (Å²) >= 11 is 0. The Kier molecular flexibility index (Phi) is 7.11. The lowest BCUT2D eigenvalue weighted by molar-refractivity contribution is -0.154. The van der Waals surface area contributed by atoms with Crippen molar-refractivity contribution in [1.29, 1.82) is 0 Å². The Morgan fingerprint density at radius 2 is 1.56 bits per heavy atom. The Morgan fingerprint density at radius 1 is 0.963 bits per heavy atom. The van der Waals surface area contributed by atoms with Gasteiger partial charge in [-0.2, -0.15) is 0 Å². The minimum absolute atomic E-state index is 0.0515. The van der Waals surface area contributed by atoms with Crippen molar-refractivity contribution in [2.75, 3.05) is 5.32 Å². The zero-order chi connectivity index (χ0) is 19.8. The van der Waals surface area contributed by atoms with E-state index in [2.05, 4.69) is 10.6 Å². The van der Waals surface area contributed by atoms with Gasteiger partial charge in [-0.3, -0.25) is 14.4 Å². The van der Waals surface area contributed by atoms with Gasteiger partial charge in [0.25, 0.3) is 5.91 Å². The van der Waals surface area contributed by atoms with Gasteiger partial charge in [0.2, 0.25) is 5.91 Å². The fourth-order valence-electron chi connectivity index (χ4n) is 2.41. The average molecular weight is 368 g/mol. The van der Waals surface area contributed by atoms with Crippen LogP contribution in [0.5, 0.6) is 0 Å². The summed E-state index contributed by atoms with van der Waals surface area (Å²) in [7, 11) is 0. The molecule has 0 aliphatic carbocycles. The molecular weight excluding hydrogens is 344 g/mol. The summed E-state index contributed by atoms with van der Waals surface area (Å²) in [5.74, 6) is -0.988. The lowest BCUT2D eigenvalue weighted by Gasteiger charge is -2.14. The highest BCUT2D eigenvalue weighted by Gasteiger charge is 2.17. The van der Waals surface area contributed by atoms with E-state index in [0.717, 1.165) is 16.7 Å². The highest BCUT2D eigenvalue weighted by molar-refractivity contribution is 5.88. The second-order valence-corrected chi connectivity index (χ2v) is 6.39. The molecule has 142 valence electrons. The van der Waals surface area contributed by atoms with Gasteiger partial charge in [-0.15, -0.1) is 0 Å². The number of carbonyl (C=O) groups excluding carboxylic acids is 3. The maximum Gasteiger partial charge on any atom is 0.311 e. The normalized spacial score (nSPS) is 11.4. The van der Waals surface area contributed by atoms with Crippen molar-refractivity contribution in [2.45, 2.75) is 39.8 Å². The first-order valence-corrected chi connectivity index (χ1v) is 8.73. The third-order valence-electron chi connectivity index (χ3n) is 3.89. The van der Waals surface area contributed by atoms with Crippen LogP contribution in [0.4, 0.5) is 5.69 Å². The monoisotopic (exact) mass is 368 g/mol. The van der Waals surface area contributed by atoms with Gasteiger partial charge in [-0.25, -0.2) is 0 Å². The number of esters is 1. The lowest BCUT2D eigenvalue weighted by atomic mass is 10.1. The summed E-state index contributed by atoms with van der Waals surface area (Å²) in [6, 6.07) is 14.7. The average Bonchev–Trinajstić information content (AvgIpc) is 2.62. The summed E-state index contributed by atoms with van der Waals surface area (Å²) < 4.78 is 5.20. The van der Waals surface area contributed by atoms with Gasteiger partial charge < -0.3 is 15.4 Å². The van der Waals surface area contributed by atoms with E-state index in [-0.39, 0.29) is 18.2 Å². The first kappa shape index (κ1) is 20.2. The molecule has 2 amide bonds. The first-order valence-electron chi connectivity index (χ1n) is 8.73. The van der Waals surface area contributed by atoms with Gasteiger partial charge in [-0.1, -0.05) is 42.0 Å². The Balaban J connectivity index is 1.79. The molecule has 6 heteroatoms. The summed E-state index contributed by atoms with van der Waals surface area (Å²) in [6.45, 7) is 5.35. The van der Waals surface area contributed by atoms with E-state index in [0.29, 0.717) is 12.2 Å². The summed E-state index contributed by atoms with van der Waals surface area (Å²) in [4.78, 5) is 35.1. The molecule has 0 aliphatic heterocycles. The molecular formula is C21H24N2O4. The summed E-state index contributed by atoms with van der Waals surface area (Å²) in [5, 5.41) is 5.41. The van der Waals surface area contributed by atoms with Crippen LogP contribution >= 0.6 is 0 Å². The van der Waals surface area contributed by atoms with Gasteiger partial charge in [0, 0.05) is 19.2 Å². The van der Waals surface area contributed by atoms with Gasteiger partial charge in [0.05, 0.1) is 6.42 Å². The number of carbonyl (C=O) groups is 3. The third kappa shape index (κ3) is 6.93. The zero-order valence-corrected chi connectivity index (χ0v) is 15.7. The van der Waals surface area contributed by atoms with Crippen LogP contribution in [0.1, 0.15) is 30.5 Å². The van der Waals surface area contributed by atoms with Crippen molar-refractivity contribution < 1.29 is 19.1 Å². The van der Waals surface area contributed by atoms with Crippen LogP contribution in [0.3, 0.4) is 0 Å². The molecule has 0 heterocycles. The van der Waals surface area contributed by atoms with Crippen molar-refractivity contribution in [3.63, 3.8) is 0 Å². The number of aryl methyl sites for hydroxylation is 1. The molecule has 27 heavy (non-hydrogen) atoms. The summed E-state index contributed by atoms with van der Waals surface area (Å²) in [5.41, 5.74) is 3.52. The van der Waals surface area contributed by atoms with Crippen LogP contribution in [-0.2, 0) is 32.1 Å². The molecule has 0 spiro atoms. The van der Waals surface area contributed by atoms with Gasteiger partial charge in [0.15, 0.2) is 6.10 Å². The molecule has 0 saturated heterocycles. The zero-order valence-electron chi connectivity index (χ0n) is 15.7. The van der Waals surface area contributed by atoms with Crippen LogP contribution < -0.4 is 10.6 Å². The van der Waals surface area contributed by atoms with E-state index in [9.17, 15) is 14.4 Å². The Morgan fingerprint density at radius 3 is 2.15 bits per heavy atom. The van der Waals surface area contributed by atoms with Crippen LogP contribution in [-0.4, -0.2) is 23.9 Å². The molecule has 0 unspecified atom stereocenters. The van der Waals surface area contributed by atoms with Crippen molar-refractivity contribution in [1.82, 2.24) is 5.32 Å². The number of rotatable bonds is 7. The van der Waals surface area contributed by atoms with Gasteiger partial charge in [0.1, 0.15) is 0 Å². The number of hydrogen-bond donors (Lipinski definition) is 2. The lowest BCUT2D eigenvalue weighted by Crippen LogP contribution is -2.35. The van der Waals surface area contributed by atoms with Gasteiger partial charge in [-0.05, 0) is 37.1 Å². The number of amides is 2. The third-order valence-corrected chi connectivity index (χ3v) is 3.89. The fourth-order valence-corrected chi connectivity index (χ4v) is 2.41. The second kappa shape index (κ2) is 9.52. The maximum atomic E-state index is 12.1. The topological polar surface area (TPSA) is 84.5 Å². The molecule has 0 bridgehead atoms. The molecule has 2 aromatic rings. The SMILES string of the molecule is CC(=O)Nc1ccc(CC(=O)O[C@@H](C)C(=O)NCc2ccc(C)cc2)cc1. The molecule has 6 nitrogen and oxygen atoms in total. The smallest absolute Gasteiger partial charge is 0.311 e. The predicted molar refractivity (Wildman–Crippen MR) is 103 cm³/mol. The standard InChI is InChI=1S/C21H24N2O4/c1-14-4-6-18(7-5-14)13-22-21(26)15(2)27-20(25)12-17-8-10-19(11-9-17)23-16(3)24/h4-11,15H,12-13H2,1-3H3,(H,22,26)(H,23,24)/t15-/m0/s1. The molecule has 2 aromatic carbocycles. The number of ether oxygens (including phenoxy) is 1. The molecule has 0 saturated carbocycles. The Labute approximate surface area is 158 Å². The van der Waals surface area contributed by atoms with Crippen molar-refractivity contribution in [2.24, 2.45) is 0 Å². The minimum Gasteiger partial charge on any atom is -0.452 e. The number of nitrogens with one attached hydrogen (secondary N) is 2. The molecule has 0 aromatic heterocycles. The molecule has 0 fully saturated rings. The second-order valence-electron chi connectivity index (χ2n) is 6.39. The minimum atomic E-state index is -0.874. The highest BCUT2D eigenvalue weighted by Crippen LogP contribution is 2.11. The fraction of sp³-hybridized carbons (Fsp3) is 0.286. The van der Waals surface area contributed by atoms with E-state index in [1.165, 1.54) is 6.92 Å². The number of hydrogen-bond acceptors (Lipinski definition) is 4. The van der Waals surface area contributed by atoms with Crippen molar-refractivity contribution in [3.8, 4) is 0 Å². The largest absolute Gasteiger partial charge is 0.452 e. The van der Waals surface area contributed by atoms with Crippen molar-refractivity contribution >= 4 is 23.5 Å². The predicted octanol–water partition coefficient (Wildman–Crippen LogP) is 2.74. The Bertz CT molecular complexity index is 798. The molecule has 1 atom stereocenters. The number of benzene rings is 2. The maximum absolute atomic E-state index is 12.1. The van der Waals surface area contributed by atoms with E-state index >= 15 is 0 Å². The summed E-state index contributed by atoms with van der Waals surface area (Å²) in [6.07, 6.45) is -0.822. The molecule has 2 N–H and O–H groups in total.